The molecule has 4 rings (SSSR count). The molecule has 0 atom stereocenters. The third-order valence-corrected chi connectivity index (χ3v) is 6.36. The van der Waals surface area contributed by atoms with E-state index < -0.39 is 0 Å². The number of anilines is 1. The molecule has 0 saturated carbocycles. The van der Waals surface area contributed by atoms with Crippen molar-refractivity contribution in [1.29, 1.82) is 0 Å². The van der Waals surface area contributed by atoms with E-state index in [1.807, 2.05) is 19.9 Å². The summed E-state index contributed by atoms with van der Waals surface area (Å²) >= 11 is 6.88. The van der Waals surface area contributed by atoms with E-state index in [0.29, 0.717) is 15.6 Å². The van der Waals surface area contributed by atoms with Crippen LogP contribution in [0, 0.1) is 13.8 Å². The molecule has 1 aromatic heterocycles. The van der Waals surface area contributed by atoms with E-state index in [2.05, 4.69) is 35.8 Å². The first kappa shape index (κ1) is 20.5. The molecule has 1 saturated heterocycles. The van der Waals surface area contributed by atoms with Gasteiger partial charge < -0.3 is 4.57 Å². The van der Waals surface area contributed by atoms with Gasteiger partial charge in [0.25, 0.3) is 11.1 Å². The number of carbonyl (C=O) groups is 2. The number of rotatable bonds is 4. The van der Waals surface area contributed by atoms with E-state index in [-0.39, 0.29) is 11.1 Å². The van der Waals surface area contributed by atoms with Gasteiger partial charge in [0.1, 0.15) is 0 Å². The number of imide groups is 1. The summed E-state index contributed by atoms with van der Waals surface area (Å²) in [6, 6.07) is 17.2. The molecule has 0 spiro atoms. The number of benzene rings is 2. The van der Waals surface area contributed by atoms with Crippen LogP contribution in [0.1, 0.15) is 29.4 Å². The van der Waals surface area contributed by atoms with Crippen LogP contribution in [0.25, 0.3) is 11.8 Å². The molecule has 3 aromatic rings. The van der Waals surface area contributed by atoms with Crippen LogP contribution in [-0.2, 0) is 11.2 Å². The van der Waals surface area contributed by atoms with Crippen molar-refractivity contribution in [3.63, 3.8) is 0 Å². The van der Waals surface area contributed by atoms with E-state index in [1.165, 1.54) is 10.5 Å². The topological polar surface area (TPSA) is 42.3 Å². The minimum atomic E-state index is -0.315. The smallest absolute Gasteiger partial charge is 0.298 e. The molecule has 1 fully saturated rings. The fraction of sp³-hybridized carbons (Fsp3) is 0.167. The van der Waals surface area contributed by atoms with Crippen LogP contribution in [0.3, 0.4) is 0 Å². The highest BCUT2D eigenvalue weighted by Crippen LogP contribution is 2.37. The van der Waals surface area contributed by atoms with Crippen molar-refractivity contribution in [3.05, 3.63) is 87.0 Å². The average Bonchev–Trinajstić information content (AvgIpc) is 3.17. The number of hydrogen-bond donors (Lipinski definition) is 0. The predicted octanol–water partition coefficient (Wildman–Crippen LogP) is 6.55. The van der Waals surface area contributed by atoms with Crippen LogP contribution in [0.4, 0.5) is 10.5 Å². The Labute approximate surface area is 185 Å². The van der Waals surface area contributed by atoms with Crippen molar-refractivity contribution in [2.45, 2.75) is 27.2 Å². The second-order valence-electron chi connectivity index (χ2n) is 7.18. The molecule has 0 N–H and O–H groups in total. The molecule has 30 heavy (non-hydrogen) atoms. The molecule has 0 bridgehead atoms. The van der Waals surface area contributed by atoms with Gasteiger partial charge in [-0.3, -0.25) is 9.59 Å². The van der Waals surface area contributed by atoms with Gasteiger partial charge in [-0.2, -0.15) is 0 Å². The maximum Gasteiger partial charge on any atom is 0.298 e. The zero-order chi connectivity index (χ0) is 21.4. The summed E-state index contributed by atoms with van der Waals surface area (Å²) in [5, 5.41) is 0.248. The lowest BCUT2D eigenvalue weighted by atomic mass is 10.1. The number of hydrogen-bond acceptors (Lipinski definition) is 3. The molecule has 6 heteroatoms. The monoisotopic (exact) mass is 436 g/mol. The van der Waals surface area contributed by atoms with Gasteiger partial charge in [0, 0.05) is 22.1 Å². The van der Waals surface area contributed by atoms with E-state index in [0.717, 1.165) is 40.8 Å². The molecule has 1 aliphatic rings. The predicted molar refractivity (Wildman–Crippen MR) is 125 cm³/mol. The summed E-state index contributed by atoms with van der Waals surface area (Å²) in [6.07, 6.45) is 2.80. The van der Waals surface area contributed by atoms with E-state index in [4.69, 9.17) is 11.6 Å². The molecule has 152 valence electrons. The van der Waals surface area contributed by atoms with Gasteiger partial charge in [-0.15, -0.1) is 0 Å². The summed E-state index contributed by atoms with van der Waals surface area (Å²) in [5.74, 6) is -0.315. The molecule has 1 aliphatic heterocycles. The highest BCUT2D eigenvalue weighted by atomic mass is 35.5. The van der Waals surface area contributed by atoms with Crippen LogP contribution in [0.15, 0.2) is 59.5 Å². The van der Waals surface area contributed by atoms with Crippen LogP contribution >= 0.6 is 23.4 Å². The van der Waals surface area contributed by atoms with Crippen molar-refractivity contribution >= 4 is 46.3 Å². The number of carbonyl (C=O) groups excluding carboxylic acids is 2. The highest BCUT2D eigenvalue weighted by molar-refractivity contribution is 8.19. The zero-order valence-corrected chi connectivity index (χ0v) is 18.6. The largest absolute Gasteiger partial charge is 0.318 e. The minimum Gasteiger partial charge on any atom is -0.318 e. The summed E-state index contributed by atoms with van der Waals surface area (Å²) in [6.45, 7) is 6.20. The fourth-order valence-electron chi connectivity index (χ4n) is 3.63. The van der Waals surface area contributed by atoms with Gasteiger partial charge in [-0.25, -0.2) is 4.90 Å². The van der Waals surface area contributed by atoms with Crippen molar-refractivity contribution < 1.29 is 9.59 Å². The molecule has 2 aromatic carbocycles. The number of aryl methyl sites for hydroxylation is 2. The third kappa shape index (κ3) is 3.71. The van der Waals surface area contributed by atoms with Gasteiger partial charge in [-0.05, 0) is 91.7 Å². The lowest BCUT2D eigenvalue weighted by Crippen LogP contribution is -2.27. The lowest BCUT2D eigenvalue weighted by molar-refractivity contribution is -0.113. The zero-order valence-electron chi connectivity index (χ0n) is 17.0. The number of amides is 2. The first-order valence-electron chi connectivity index (χ1n) is 9.71. The summed E-state index contributed by atoms with van der Waals surface area (Å²) in [4.78, 5) is 27.0. The van der Waals surface area contributed by atoms with Crippen molar-refractivity contribution in [2.75, 3.05) is 4.90 Å². The van der Waals surface area contributed by atoms with Crippen LogP contribution in [-0.4, -0.2) is 15.7 Å². The Morgan fingerprint density at radius 2 is 1.60 bits per heavy atom. The SMILES string of the molecule is CCc1ccc(-n2c(C)cc(/C=C3/SC(=O)N(c4ccc(Cl)cc4)C3=O)c2C)cc1. The second-order valence-corrected chi connectivity index (χ2v) is 8.61. The standard InChI is InChI=1S/C24H21ClN2O2S/c1-4-17-5-9-20(10-6-17)26-15(2)13-18(16(26)3)14-22-23(28)27(24(29)30-22)21-11-7-19(25)8-12-21/h5-14H,4H2,1-3H3/b22-14+. The Hall–Kier alpha value is -2.76. The maximum absolute atomic E-state index is 12.9. The summed E-state index contributed by atoms with van der Waals surface area (Å²) < 4.78 is 2.16. The van der Waals surface area contributed by atoms with Gasteiger partial charge >= 0.3 is 0 Å². The van der Waals surface area contributed by atoms with Crippen molar-refractivity contribution in [2.24, 2.45) is 0 Å². The van der Waals surface area contributed by atoms with Gasteiger partial charge in [-0.1, -0.05) is 30.7 Å². The average molecular weight is 437 g/mol. The molecule has 0 unspecified atom stereocenters. The Morgan fingerprint density at radius 1 is 0.967 bits per heavy atom. The lowest BCUT2D eigenvalue weighted by Gasteiger charge is -2.12. The quantitative estimate of drug-likeness (QED) is 0.435. The van der Waals surface area contributed by atoms with Crippen LogP contribution in [0.2, 0.25) is 5.02 Å². The van der Waals surface area contributed by atoms with Crippen LogP contribution < -0.4 is 4.90 Å². The van der Waals surface area contributed by atoms with E-state index in [9.17, 15) is 9.59 Å². The number of nitrogens with zero attached hydrogens (tertiary/aromatic N) is 2. The molecular weight excluding hydrogens is 416 g/mol. The summed E-state index contributed by atoms with van der Waals surface area (Å²) in [5.41, 5.74) is 5.91. The Kier molecular flexibility index (Phi) is 5.58. The molecule has 4 nitrogen and oxygen atoms in total. The number of aromatic nitrogens is 1. The van der Waals surface area contributed by atoms with Gasteiger partial charge in [0.05, 0.1) is 10.6 Å². The number of halogens is 1. The molecular formula is C24H21ClN2O2S. The second kappa shape index (κ2) is 8.17. The Balaban J connectivity index is 1.67. The first-order valence-corrected chi connectivity index (χ1v) is 10.9. The fourth-order valence-corrected chi connectivity index (χ4v) is 4.59. The minimum absolute atomic E-state index is 0.308. The summed E-state index contributed by atoms with van der Waals surface area (Å²) in [7, 11) is 0. The maximum atomic E-state index is 12.9. The van der Waals surface area contributed by atoms with Crippen molar-refractivity contribution in [3.8, 4) is 5.69 Å². The molecule has 0 radical (unpaired) electrons. The normalized spacial score (nSPS) is 15.5. The van der Waals surface area contributed by atoms with Crippen molar-refractivity contribution in [1.82, 2.24) is 4.57 Å². The van der Waals surface area contributed by atoms with Gasteiger partial charge in [0.2, 0.25) is 0 Å². The van der Waals surface area contributed by atoms with Gasteiger partial charge in [0.15, 0.2) is 0 Å². The van der Waals surface area contributed by atoms with Crippen LogP contribution in [0.5, 0.6) is 0 Å². The number of thioether (sulfide) groups is 1. The Morgan fingerprint density at radius 3 is 2.23 bits per heavy atom. The van der Waals surface area contributed by atoms with E-state index in [1.54, 1.807) is 30.3 Å². The molecule has 0 aliphatic carbocycles. The first-order chi connectivity index (χ1) is 14.4. The Bertz CT molecular complexity index is 1160. The third-order valence-electron chi connectivity index (χ3n) is 5.24. The highest BCUT2D eigenvalue weighted by Gasteiger charge is 2.36. The van der Waals surface area contributed by atoms with E-state index >= 15 is 0 Å². The molecule has 2 heterocycles. The molecule has 2 amide bonds.